The molecule has 4 heteroatoms. The van der Waals surface area contributed by atoms with Crippen molar-refractivity contribution < 1.29 is 19.1 Å². The molecule has 1 rings (SSSR count). The molecule has 0 aliphatic carbocycles. The number of esters is 2. The highest BCUT2D eigenvalue weighted by molar-refractivity contribution is 5.93. The molecule has 0 aromatic heterocycles. The predicted octanol–water partition coefficient (Wildman–Crippen LogP) is 3.40. The minimum Gasteiger partial charge on any atom is -0.459 e. The Kier molecular flexibility index (Phi) is 6.22. The van der Waals surface area contributed by atoms with Crippen LogP contribution in [0.3, 0.4) is 0 Å². The van der Waals surface area contributed by atoms with E-state index < -0.39 is 11.9 Å². The van der Waals surface area contributed by atoms with Crippen LogP contribution in [0.25, 0.3) is 0 Å². The molecule has 1 radical (unpaired) electrons. The van der Waals surface area contributed by atoms with E-state index >= 15 is 0 Å². The van der Waals surface area contributed by atoms with Crippen LogP contribution >= 0.6 is 0 Å². The maximum absolute atomic E-state index is 11.8. The lowest BCUT2D eigenvalue weighted by molar-refractivity contribution is 0.0318. The van der Waals surface area contributed by atoms with Crippen LogP contribution in [0.2, 0.25) is 0 Å². The van der Waals surface area contributed by atoms with Gasteiger partial charge in [-0.05, 0) is 51.0 Å². The molecule has 2 atom stereocenters. The summed E-state index contributed by atoms with van der Waals surface area (Å²) in [5.41, 5.74) is 0.691. The van der Waals surface area contributed by atoms with Crippen LogP contribution in [0.1, 0.15) is 61.3 Å². The third-order valence-corrected chi connectivity index (χ3v) is 3.03. The molecule has 109 valence electrons. The number of carbonyl (C=O) groups excluding carboxylic acids is 2. The topological polar surface area (TPSA) is 52.6 Å². The van der Waals surface area contributed by atoms with Gasteiger partial charge in [0.25, 0.3) is 0 Å². The summed E-state index contributed by atoms with van der Waals surface area (Å²) in [5.74, 6) is -0.835. The predicted molar refractivity (Wildman–Crippen MR) is 75.6 cm³/mol. The first-order valence-electron chi connectivity index (χ1n) is 6.91. The molecule has 20 heavy (non-hydrogen) atoms. The molecule has 0 bridgehead atoms. The molecule has 0 saturated heterocycles. The van der Waals surface area contributed by atoms with E-state index in [4.69, 9.17) is 9.47 Å². The van der Waals surface area contributed by atoms with Gasteiger partial charge in [-0.3, -0.25) is 0 Å². The first-order chi connectivity index (χ1) is 9.47. The fourth-order valence-corrected chi connectivity index (χ4v) is 1.34. The smallest absolute Gasteiger partial charge is 0.339 e. The highest BCUT2D eigenvalue weighted by Crippen LogP contribution is 2.10. The Labute approximate surface area is 120 Å². The number of carbonyl (C=O) groups is 2. The molecule has 4 nitrogen and oxygen atoms in total. The summed E-state index contributed by atoms with van der Waals surface area (Å²) >= 11 is 0. The highest BCUT2D eigenvalue weighted by Gasteiger charge is 2.14. The van der Waals surface area contributed by atoms with Crippen molar-refractivity contribution >= 4 is 11.9 Å². The van der Waals surface area contributed by atoms with E-state index in [1.54, 1.807) is 6.07 Å². The van der Waals surface area contributed by atoms with Crippen molar-refractivity contribution in [1.29, 1.82) is 0 Å². The van der Waals surface area contributed by atoms with Gasteiger partial charge < -0.3 is 9.47 Å². The van der Waals surface area contributed by atoms with Gasteiger partial charge >= 0.3 is 11.9 Å². The van der Waals surface area contributed by atoms with Gasteiger partial charge in [0.15, 0.2) is 0 Å². The fourth-order valence-electron chi connectivity index (χ4n) is 1.34. The third-order valence-electron chi connectivity index (χ3n) is 3.03. The lowest BCUT2D eigenvalue weighted by Crippen LogP contribution is -2.15. The largest absolute Gasteiger partial charge is 0.459 e. The van der Waals surface area contributed by atoms with Crippen LogP contribution in [-0.2, 0) is 9.47 Å². The van der Waals surface area contributed by atoms with E-state index in [0.717, 1.165) is 12.8 Å². The van der Waals surface area contributed by atoms with Gasteiger partial charge in [-0.1, -0.05) is 13.8 Å². The van der Waals surface area contributed by atoms with Gasteiger partial charge in [-0.15, -0.1) is 0 Å². The Hall–Kier alpha value is -1.84. The van der Waals surface area contributed by atoms with Crippen LogP contribution in [0.15, 0.2) is 18.2 Å². The Balaban J connectivity index is 2.68. The molecule has 0 amide bonds. The Morgan fingerprint density at radius 1 is 1.05 bits per heavy atom. The summed E-state index contributed by atoms with van der Waals surface area (Å²) < 4.78 is 10.4. The number of rotatable bonds is 6. The Morgan fingerprint density at radius 2 is 1.60 bits per heavy atom. The van der Waals surface area contributed by atoms with Crippen molar-refractivity contribution in [1.82, 2.24) is 0 Å². The molecule has 2 unspecified atom stereocenters. The second kappa shape index (κ2) is 7.68. The molecule has 1 aromatic rings. The summed E-state index contributed by atoms with van der Waals surface area (Å²) in [6, 6.07) is 7.30. The Morgan fingerprint density at radius 3 is 2.05 bits per heavy atom. The zero-order chi connectivity index (χ0) is 15.1. The minimum absolute atomic E-state index is 0.127. The summed E-state index contributed by atoms with van der Waals surface area (Å²) in [6.45, 7) is 7.54. The molecule has 0 N–H and O–H groups in total. The standard InChI is InChI=1S/C16H21O4/c1-5-11(3)19-15(17)13-7-9-14(10-8-13)16(18)20-12(4)6-2/h7-9,11-12H,5-6H2,1-4H3. The molecule has 0 aliphatic heterocycles. The average Bonchev–Trinajstić information content (AvgIpc) is 2.46. The molecule has 0 fully saturated rings. The number of hydrogen-bond acceptors (Lipinski definition) is 4. The fraction of sp³-hybridized carbons (Fsp3) is 0.500. The van der Waals surface area contributed by atoms with Crippen LogP contribution in [0, 0.1) is 6.07 Å². The van der Waals surface area contributed by atoms with Gasteiger partial charge in [0, 0.05) is 0 Å². The van der Waals surface area contributed by atoms with E-state index in [-0.39, 0.29) is 12.2 Å². The van der Waals surface area contributed by atoms with Gasteiger partial charge in [-0.2, -0.15) is 0 Å². The van der Waals surface area contributed by atoms with Crippen LogP contribution in [-0.4, -0.2) is 24.1 Å². The lowest BCUT2D eigenvalue weighted by Gasteiger charge is -2.12. The molecular formula is C16H21O4. The van der Waals surface area contributed by atoms with Gasteiger partial charge in [0.05, 0.1) is 23.3 Å². The second-order valence-corrected chi connectivity index (χ2v) is 4.74. The Bertz CT molecular complexity index is 407. The highest BCUT2D eigenvalue weighted by atomic mass is 16.5. The van der Waals surface area contributed by atoms with E-state index in [2.05, 4.69) is 6.07 Å². The van der Waals surface area contributed by atoms with E-state index in [1.165, 1.54) is 12.1 Å². The first kappa shape index (κ1) is 16.2. The van der Waals surface area contributed by atoms with E-state index in [0.29, 0.717) is 11.1 Å². The molecule has 0 heterocycles. The van der Waals surface area contributed by atoms with Crippen LogP contribution in [0.5, 0.6) is 0 Å². The molecule has 0 spiro atoms. The van der Waals surface area contributed by atoms with Crippen molar-refractivity contribution in [3.63, 3.8) is 0 Å². The maximum atomic E-state index is 11.8. The van der Waals surface area contributed by atoms with Crippen molar-refractivity contribution in [3.8, 4) is 0 Å². The monoisotopic (exact) mass is 277 g/mol. The van der Waals surface area contributed by atoms with Crippen LogP contribution in [0.4, 0.5) is 0 Å². The normalized spacial score (nSPS) is 13.4. The van der Waals surface area contributed by atoms with E-state index in [9.17, 15) is 9.59 Å². The SMILES string of the molecule is CCC(C)OC(=O)c1[c]cc(C(=O)OC(C)CC)cc1. The average molecular weight is 277 g/mol. The minimum atomic E-state index is -0.429. The summed E-state index contributed by atoms with van der Waals surface area (Å²) in [6.07, 6.45) is 1.25. The van der Waals surface area contributed by atoms with Crippen molar-refractivity contribution in [3.05, 3.63) is 35.4 Å². The first-order valence-corrected chi connectivity index (χ1v) is 6.91. The number of ether oxygens (including phenoxy) is 2. The molecule has 0 saturated carbocycles. The van der Waals surface area contributed by atoms with Crippen molar-refractivity contribution in [2.24, 2.45) is 0 Å². The lowest BCUT2D eigenvalue weighted by atomic mass is 10.1. The molecule has 1 aromatic carbocycles. The quantitative estimate of drug-likeness (QED) is 0.748. The van der Waals surface area contributed by atoms with Gasteiger partial charge in [0.2, 0.25) is 0 Å². The van der Waals surface area contributed by atoms with Gasteiger partial charge in [0.1, 0.15) is 0 Å². The summed E-state index contributed by atoms with van der Waals surface area (Å²) in [7, 11) is 0. The van der Waals surface area contributed by atoms with E-state index in [1.807, 2.05) is 27.7 Å². The number of hydrogen-bond donors (Lipinski definition) is 0. The molecular weight excluding hydrogens is 256 g/mol. The molecule has 0 aliphatic rings. The number of benzene rings is 1. The van der Waals surface area contributed by atoms with Crippen molar-refractivity contribution in [2.75, 3.05) is 0 Å². The summed E-state index contributed by atoms with van der Waals surface area (Å²) in [4.78, 5) is 23.5. The zero-order valence-corrected chi connectivity index (χ0v) is 12.4. The summed E-state index contributed by atoms with van der Waals surface area (Å²) in [5, 5.41) is 0. The van der Waals surface area contributed by atoms with Crippen molar-refractivity contribution in [2.45, 2.75) is 52.7 Å². The maximum Gasteiger partial charge on any atom is 0.339 e. The zero-order valence-electron chi connectivity index (χ0n) is 12.4. The van der Waals surface area contributed by atoms with Crippen LogP contribution < -0.4 is 0 Å². The van der Waals surface area contributed by atoms with Gasteiger partial charge in [-0.25, -0.2) is 9.59 Å². The third kappa shape index (κ3) is 4.68. The second-order valence-electron chi connectivity index (χ2n) is 4.74.